The van der Waals surface area contributed by atoms with Crippen LogP contribution in [0.25, 0.3) is 0 Å². The van der Waals surface area contributed by atoms with Gasteiger partial charge in [-0.3, -0.25) is 4.79 Å². The molecule has 74 valence electrons. The fourth-order valence-electron chi connectivity index (χ4n) is 1.06. The van der Waals surface area contributed by atoms with Crippen LogP contribution in [0.2, 0.25) is 0 Å². The van der Waals surface area contributed by atoms with Crippen LogP contribution in [0.15, 0.2) is 42.5 Å². The first-order chi connectivity index (χ1) is 6.83. The van der Waals surface area contributed by atoms with Gasteiger partial charge in [0.2, 0.25) is 5.91 Å². The SMILES string of the molecule is CCC/C=C/C(=O)Nc1ccccc1. The van der Waals surface area contributed by atoms with E-state index in [-0.39, 0.29) is 5.91 Å². The zero-order valence-electron chi connectivity index (χ0n) is 8.36. The summed E-state index contributed by atoms with van der Waals surface area (Å²) in [4.78, 5) is 11.3. The summed E-state index contributed by atoms with van der Waals surface area (Å²) in [6.07, 6.45) is 5.48. The van der Waals surface area contributed by atoms with Gasteiger partial charge in [-0.2, -0.15) is 0 Å². The maximum absolute atomic E-state index is 11.3. The zero-order valence-corrected chi connectivity index (χ0v) is 8.36. The molecule has 2 nitrogen and oxygen atoms in total. The van der Waals surface area contributed by atoms with Gasteiger partial charge in [-0.25, -0.2) is 0 Å². The lowest BCUT2D eigenvalue weighted by Crippen LogP contribution is -2.07. The van der Waals surface area contributed by atoms with Crippen molar-refractivity contribution in [3.8, 4) is 0 Å². The van der Waals surface area contributed by atoms with E-state index in [0.717, 1.165) is 18.5 Å². The van der Waals surface area contributed by atoms with Crippen LogP contribution >= 0.6 is 0 Å². The first-order valence-corrected chi connectivity index (χ1v) is 4.85. The molecule has 14 heavy (non-hydrogen) atoms. The van der Waals surface area contributed by atoms with Crippen LogP contribution in [0.1, 0.15) is 19.8 Å². The molecule has 0 aromatic heterocycles. The lowest BCUT2D eigenvalue weighted by atomic mass is 10.3. The molecule has 0 fully saturated rings. The number of anilines is 1. The zero-order chi connectivity index (χ0) is 10.2. The van der Waals surface area contributed by atoms with Crippen molar-refractivity contribution in [3.05, 3.63) is 42.5 Å². The van der Waals surface area contributed by atoms with E-state index in [0.29, 0.717) is 0 Å². The number of para-hydroxylation sites is 1. The number of rotatable bonds is 4. The van der Waals surface area contributed by atoms with Gasteiger partial charge in [0, 0.05) is 5.69 Å². The third kappa shape index (κ3) is 3.90. The van der Waals surface area contributed by atoms with Gasteiger partial charge in [-0.15, -0.1) is 0 Å². The summed E-state index contributed by atoms with van der Waals surface area (Å²) < 4.78 is 0. The molecule has 0 heterocycles. The molecule has 0 saturated heterocycles. The molecule has 1 N–H and O–H groups in total. The van der Waals surface area contributed by atoms with Crippen molar-refractivity contribution in [1.82, 2.24) is 0 Å². The van der Waals surface area contributed by atoms with Crippen molar-refractivity contribution in [3.63, 3.8) is 0 Å². The first kappa shape index (κ1) is 10.5. The molecule has 0 aliphatic carbocycles. The summed E-state index contributed by atoms with van der Waals surface area (Å²) in [5.41, 5.74) is 0.832. The molecular weight excluding hydrogens is 174 g/mol. The van der Waals surface area contributed by atoms with E-state index >= 15 is 0 Å². The van der Waals surface area contributed by atoms with E-state index in [1.807, 2.05) is 36.4 Å². The number of amides is 1. The van der Waals surface area contributed by atoms with Gasteiger partial charge in [0.25, 0.3) is 0 Å². The average molecular weight is 189 g/mol. The Kier molecular flexibility index (Phi) is 4.48. The van der Waals surface area contributed by atoms with E-state index in [1.165, 1.54) is 0 Å². The van der Waals surface area contributed by atoms with Crippen LogP contribution in [-0.4, -0.2) is 5.91 Å². The van der Waals surface area contributed by atoms with Gasteiger partial charge >= 0.3 is 0 Å². The molecule has 0 spiro atoms. The highest BCUT2D eigenvalue weighted by molar-refractivity contribution is 5.99. The summed E-state index contributed by atoms with van der Waals surface area (Å²) >= 11 is 0. The normalized spacial score (nSPS) is 10.4. The van der Waals surface area contributed by atoms with E-state index in [9.17, 15) is 4.79 Å². The second kappa shape index (κ2) is 5.97. The standard InChI is InChI=1S/C12H15NO/c1-2-3-5-10-12(14)13-11-8-6-4-7-9-11/h4-10H,2-3H2,1H3,(H,13,14)/b10-5+. The Balaban J connectivity index is 2.42. The van der Waals surface area contributed by atoms with Gasteiger partial charge in [-0.1, -0.05) is 37.6 Å². The highest BCUT2D eigenvalue weighted by Crippen LogP contribution is 2.04. The molecule has 0 aliphatic rings. The van der Waals surface area contributed by atoms with Crippen molar-refractivity contribution in [2.45, 2.75) is 19.8 Å². The third-order valence-electron chi connectivity index (χ3n) is 1.77. The Bertz CT molecular complexity index is 303. The lowest BCUT2D eigenvalue weighted by Gasteiger charge is -1.99. The molecule has 0 atom stereocenters. The van der Waals surface area contributed by atoms with Crippen molar-refractivity contribution >= 4 is 11.6 Å². The fourth-order valence-corrected chi connectivity index (χ4v) is 1.06. The quantitative estimate of drug-likeness (QED) is 0.725. The van der Waals surface area contributed by atoms with Crippen molar-refractivity contribution in [1.29, 1.82) is 0 Å². The number of nitrogens with one attached hydrogen (secondary N) is 1. The fraction of sp³-hybridized carbons (Fsp3) is 0.250. The Morgan fingerprint density at radius 2 is 2.07 bits per heavy atom. The largest absolute Gasteiger partial charge is 0.323 e. The van der Waals surface area contributed by atoms with Gasteiger partial charge in [-0.05, 0) is 24.6 Å². The minimum Gasteiger partial charge on any atom is -0.323 e. The number of carbonyl (C=O) groups is 1. The van der Waals surface area contributed by atoms with E-state index in [4.69, 9.17) is 0 Å². The minimum absolute atomic E-state index is 0.0651. The molecule has 0 radical (unpaired) electrons. The number of benzene rings is 1. The van der Waals surface area contributed by atoms with Crippen LogP contribution in [0, 0.1) is 0 Å². The second-order valence-electron chi connectivity index (χ2n) is 3.05. The molecule has 0 saturated carbocycles. The van der Waals surface area contributed by atoms with E-state index < -0.39 is 0 Å². The molecule has 2 heteroatoms. The molecule has 0 aliphatic heterocycles. The van der Waals surface area contributed by atoms with Crippen LogP contribution in [0.4, 0.5) is 5.69 Å². The summed E-state index contributed by atoms with van der Waals surface area (Å²) in [5.74, 6) is -0.0651. The number of carbonyl (C=O) groups excluding carboxylic acids is 1. The lowest BCUT2D eigenvalue weighted by molar-refractivity contribution is -0.111. The average Bonchev–Trinajstić information content (AvgIpc) is 2.20. The minimum atomic E-state index is -0.0651. The monoisotopic (exact) mass is 189 g/mol. The molecule has 0 bridgehead atoms. The number of allylic oxidation sites excluding steroid dienone is 1. The molecule has 1 aromatic rings. The predicted molar refractivity (Wildman–Crippen MR) is 59.1 cm³/mol. The highest BCUT2D eigenvalue weighted by Gasteiger charge is 1.94. The van der Waals surface area contributed by atoms with Gasteiger partial charge in [0.05, 0.1) is 0 Å². The van der Waals surface area contributed by atoms with E-state index in [1.54, 1.807) is 6.08 Å². The summed E-state index contributed by atoms with van der Waals surface area (Å²) in [5, 5.41) is 2.78. The van der Waals surface area contributed by atoms with Crippen LogP contribution in [0.3, 0.4) is 0 Å². The number of unbranched alkanes of at least 4 members (excludes halogenated alkanes) is 1. The molecule has 1 aromatic carbocycles. The Labute approximate surface area is 84.6 Å². The smallest absolute Gasteiger partial charge is 0.248 e. The summed E-state index contributed by atoms with van der Waals surface area (Å²) in [7, 11) is 0. The van der Waals surface area contributed by atoms with Crippen molar-refractivity contribution in [2.75, 3.05) is 5.32 Å². The Hall–Kier alpha value is -1.57. The summed E-state index contributed by atoms with van der Waals surface area (Å²) in [6.45, 7) is 2.08. The van der Waals surface area contributed by atoms with Gasteiger partial charge < -0.3 is 5.32 Å². The van der Waals surface area contributed by atoms with Gasteiger partial charge in [0.15, 0.2) is 0 Å². The number of hydrogen-bond acceptors (Lipinski definition) is 1. The second-order valence-corrected chi connectivity index (χ2v) is 3.05. The topological polar surface area (TPSA) is 29.1 Å². The van der Waals surface area contributed by atoms with Gasteiger partial charge in [0.1, 0.15) is 0 Å². The maximum Gasteiger partial charge on any atom is 0.248 e. The third-order valence-corrected chi connectivity index (χ3v) is 1.77. The maximum atomic E-state index is 11.3. The van der Waals surface area contributed by atoms with Crippen LogP contribution < -0.4 is 5.32 Å². The predicted octanol–water partition coefficient (Wildman–Crippen LogP) is 2.98. The van der Waals surface area contributed by atoms with Crippen molar-refractivity contribution in [2.24, 2.45) is 0 Å². The Morgan fingerprint density at radius 1 is 1.36 bits per heavy atom. The molecule has 1 amide bonds. The summed E-state index contributed by atoms with van der Waals surface area (Å²) in [6, 6.07) is 9.44. The highest BCUT2D eigenvalue weighted by atomic mass is 16.1. The molecule has 0 unspecified atom stereocenters. The van der Waals surface area contributed by atoms with Crippen LogP contribution in [0.5, 0.6) is 0 Å². The molecule has 1 rings (SSSR count). The Morgan fingerprint density at radius 3 is 2.71 bits per heavy atom. The van der Waals surface area contributed by atoms with Crippen molar-refractivity contribution < 1.29 is 4.79 Å². The molecular formula is C12H15NO. The number of hydrogen-bond donors (Lipinski definition) is 1. The van der Waals surface area contributed by atoms with E-state index in [2.05, 4.69) is 12.2 Å². The first-order valence-electron chi connectivity index (χ1n) is 4.85. The van der Waals surface area contributed by atoms with Crippen LogP contribution in [-0.2, 0) is 4.79 Å².